The SMILES string of the molecule is CNc1nsnc1OC. The molecule has 0 aromatic carbocycles. The average molecular weight is 145 g/mol. The molecule has 1 aromatic heterocycles. The lowest BCUT2D eigenvalue weighted by atomic mass is 10.7. The number of methoxy groups -OCH3 is 1. The van der Waals surface area contributed by atoms with Gasteiger partial charge in [0.05, 0.1) is 18.8 Å². The van der Waals surface area contributed by atoms with Gasteiger partial charge in [-0.05, 0) is 0 Å². The number of hydrogen-bond donors (Lipinski definition) is 1. The molecule has 1 N–H and O–H groups in total. The second-order valence-corrected chi connectivity index (χ2v) is 1.90. The van der Waals surface area contributed by atoms with Gasteiger partial charge in [0.2, 0.25) is 5.82 Å². The molecule has 1 rings (SSSR count). The van der Waals surface area contributed by atoms with Crippen molar-refractivity contribution in [1.82, 2.24) is 8.75 Å². The molecule has 0 fully saturated rings. The van der Waals surface area contributed by atoms with E-state index in [4.69, 9.17) is 4.74 Å². The Bertz CT molecular complexity index is 169. The molecule has 4 nitrogen and oxygen atoms in total. The van der Waals surface area contributed by atoms with Gasteiger partial charge in [0, 0.05) is 7.05 Å². The maximum atomic E-state index is 4.85. The summed E-state index contributed by atoms with van der Waals surface area (Å²) < 4.78 is 12.6. The van der Waals surface area contributed by atoms with E-state index in [1.54, 1.807) is 14.2 Å². The topological polar surface area (TPSA) is 47.0 Å². The summed E-state index contributed by atoms with van der Waals surface area (Å²) in [7, 11) is 3.34. The Morgan fingerprint density at radius 1 is 1.56 bits per heavy atom. The van der Waals surface area contributed by atoms with Gasteiger partial charge in [0.1, 0.15) is 0 Å². The van der Waals surface area contributed by atoms with E-state index in [-0.39, 0.29) is 0 Å². The van der Waals surface area contributed by atoms with Gasteiger partial charge < -0.3 is 10.1 Å². The summed E-state index contributed by atoms with van der Waals surface area (Å²) in [5.74, 6) is 1.25. The largest absolute Gasteiger partial charge is 0.478 e. The van der Waals surface area contributed by atoms with E-state index in [1.807, 2.05) is 0 Å². The van der Waals surface area contributed by atoms with Crippen LogP contribution in [-0.2, 0) is 0 Å². The fraction of sp³-hybridized carbons (Fsp3) is 0.500. The molecule has 1 heterocycles. The predicted octanol–water partition coefficient (Wildman–Crippen LogP) is 0.588. The van der Waals surface area contributed by atoms with Gasteiger partial charge in [-0.3, -0.25) is 0 Å². The minimum Gasteiger partial charge on any atom is -0.478 e. The molecular formula is C4H7N3OS. The molecule has 5 heteroatoms. The number of aromatic nitrogens is 2. The lowest BCUT2D eigenvalue weighted by Gasteiger charge is -1.94. The molecule has 0 atom stereocenters. The minimum absolute atomic E-state index is 0.558. The van der Waals surface area contributed by atoms with Gasteiger partial charge in [-0.15, -0.1) is 4.37 Å². The number of anilines is 1. The molecule has 0 saturated heterocycles. The molecule has 50 valence electrons. The average Bonchev–Trinajstić information content (AvgIpc) is 2.33. The van der Waals surface area contributed by atoms with E-state index in [2.05, 4.69) is 14.1 Å². The molecule has 9 heavy (non-hydrogen) atoms. The number of rotatable bonds is 2. The highest BCUT2D eigenvalue weighted by Crippen LogP contribution is 2.18. The van der Waals surface area contributed by atoms with Gasteiger partial charge in [0.25, 0.3) is 5.88 Å². The monoisotopic (exact) mass is 145 g/mol. The van der Waals surface area contributed by atoms with Crippen molar-refractivity contribution >= 4 is 17.5 Å². The zero-order valence-corrected chi connectivity index (χ0v) is 6.03. The molecule has 0 amide bonds. The van der Waals surface area contributed by atoms with Crippen LogP contribution in [0.15, 0.2) is 0 Å². The lowest BCUT2D eigenvalue weighted by molar-refractivity contribution is 0.404. The minimum atomic E-state index is 0.558. The van der Waals surface area contributed by atoms with Crippen molar-refractivity contribution in [3.05, 3.63) is 0 Å². The third kappa shape index (κ3) is 1.10. The number of hydrogen-bond acceptors (Lipinski definition) is 5. The van der Waals surface area contributed by atoms with Gasteiger partial charge in [-0.25, -0.2) is 0 Å². The number of nitrogens with one attached hydrogen (secondary N) is 1. The zero-order valence-electron chi connectivity index (χ0n) is 5.21. The second-order valence-electron chi connectivity index (χ2n) is 1.37. The molecule has 0 aliphatic heterocycles. The first-order valence-corrected chi connectivity index (χ1v) is 3.16. The summed E-state index contributed by atoms with van der Waals surface area (Å²) in [6, 6.07) is 0. The highest BCUT2D eigenvalue weighted by Gasteiger charge is 2.03. The van der Waals surface area contributed by atoms with Crippen molar-refractivity contribution in [3.63, 3.8) is 0 Å². The van der Waals surface area contributed by atoms with Crippen LogP contribution < -0.4 is 10.1 Å². The first kappa shape index (κ1) is 6.28. The van der Waals surface area contributed by atoms with Crippen LogP contribution >= 0.6 is 11.7 Å². The van der Waals surface area contributed by atoms with Crippen LogP contribution in [0.2, 0.25) is 0 Å². The Morgan fingerprint density at radius 2 is 2.33 bits per heavy atom. The van der Waals surface area contributed by atoms with E-state index < -0.39 is 0 Å². The Morgan fingerprint density at radius 3 is 2.78 bits per heavy atom. The van der Waals surface area contributed by atoms with Crippen LogP contribution in [0.1, 0.15) is 0 Å². The van der Waals surface area contributed by atoms with E-state index in [1.165, 1.54) is 0 Å². The predicted molar refractivity (Wildman–Crippen MR) is 36.0 cm³/mol. The molecule has 0 radical (unpaired) electrons. The first-order valence-electron chi connectivity index (χ1n) is 2.42. The summed E-state index contributed by atoms with van der Waals surface area (Å²) in [6.45, 7) is 0. The van der Waals surface area contributed by atoms with Crippen LogP contribution in [0.4, 0.5) is 5.82 Å². The molecule has 0 unspecified atom stereocenters. The van der Waals surface area contributed by atoms with Gasteiger partial charge in [-0.2, -0.15) is 4.37 Å². The van der Waals surface area contributed by atoms with Crippen molar-refractivity contribution in [2.45, 2.75) is 0 Å². The summed E-state index contributed by atoms with van der Waals surface area (Å²) in [5, 5.41) is 2.84. The number of nitrogens with zero attached hydrogens (tertiary/aromatic N) is 2. The Kier molecular flexibility index (Phi) is 1.84. The van der Waals surface area contributed by atoms with Crippen molar-refractivity contribution in [2.24, 2.45) is 0 Å². The molecule has 0 saturated carbocycles. The Hall–Kier alpha value is -0.840. The number of ether oxygens (including phenoxy) is 1. The van der Waals surface area contributed by atoms with Crippen LogP contribution in [0.5, 0.6) is 5.88 Å². The Balaban J connectivity index is 2.85. The highest BCUT2D eigenvalue weighted by molar-refractivity contribution is 6.99. The maximum absolute atomic E-state index is 4.85. The summed E-state index contributed by atoms with van der Waals surface area (Å²) in [6.07, 6.45) is 0. The molecule has 0 bridgehead atoms. The third-order valence-corrected chi connectivity index (χ3v) is 1.40. The lowest BCUT2D eigenvalue weighted by Crippen LogP contribution is -1.91. The second kappa shape index (κ2) is 2.63. The van der Waals surface area contributed by atoms with E-state index in [0.717, 1.165) is 11.7 Å². The zero-order chi connectivity index (χ0) is 6.69. The van der Waals surface area contributed by atoms with Gasteiger partial charge >= 0.3 is 0 Å². The van der Waals surface area contributed by atoms with Crippen LogP contribution in [0.3, 0.4) is 0 Å². The standard InChI is InChI=1S/C4H7N3OS/c1-5-3-4(8-2)7-9-6-3/h1-2H3,(H,5,6). The molecule has 1 aromatic rings. The normalized spacial score (nSPS) is 9.11. The van der Waals surface area contributed by atoms with Crippen LogP contribution in [-0.4, -0.2) is 22.9 Å². The fourth-order valence-corrected chi connectivity index (χ4v) is 0.994. The smallest absolute Gasteiger partial charge is 0.270 e. The molecular weight excluding hydrogens is 138 g/mol. The fourth-order valence-electron chi connectivity index (χ4n) is 0.467. The Labute approximate surface area is 57.2 Å². The van der Waals surface area contributed by atoms with Crippen LogP contribution in [0, 0.1) is 0 Å². The highest BCUT2D eigenvalue weighted by atomic mass is 32.1. The third-order valence-electron chi connectivity index (χ3n) is 0.889. The van der Waals surface area contributed by atoms with Crippen molar-refractivity contribution in [3.8, 4) is 5.88 Å². The summed E-state index contributed by atoms with van der Waals surface area (Å²) in [5.41, 5.74) is 0. The van der Waals surface area contributed by atoms with Crippen LogP contribution in [0.25, 0.3) is 0 Å². The van der Waals surface area contributed by atoms with Gasteiger partial charge in [-0.1, -0.05) is 0 Å². The van der Waals surface area contributed by atoms with E-state index in [9.17, 15) is 0 Å². The van der Waals surface area contributed by atoms with E-state index >= 15 is 0 Å². The molecule has 0 aliphatic carbocycles. The maximum Gasteiger partial charge on any atom is 0.270 e. The summed E-state index contributed by atoms with van der Waals surface area (Å²) >= 11 is 1.13. The summed E-state index contributed by atoms with van der Waals surface area (Å²) in [4.78, 5) is 0. The van der Waals surface area contributed by atoms with Crippen molar-refractivity contribution < 1.29 is 4.74 Å². The van der Waals surface area contributed by atoms with E-state index in [0.29, 0.717) is 11.7 Å². The first-order chi connectivity index (χ1) is 4.38. The molecule has 0 spiro atoms. The molecule has 0 aliphatic rings. The van der Waals surface area contributed by atoms with Crippen molar-refractivity contribution in [1.29, 1.82) is 0 Å². The quantitative estimate of drug-likeness (QED) is 0.661. The van der Waals surface area contributed by atoms with Crippen molar-refractivity contribution in [2.75, 3.05) is 19.5 Å². The van der Waals surface area contributed by atoms with Gasteiger partial charge in [0.15, 0.2) is 0 Å².